The Bertz CT molecular complexity index is 312. The Labute approximate surface area is 96.6 Å². The van der Waals surface area contributed by atoms with Crippen molar-refractivity contribution in [3.63, 3.8) is 0 Å². The monoisotopic (exact) mass is 224 g/mol. The Morgan fingerprint density at radius 2 is 2.20 bits per heavy atom. The highest BCUT2D eigenvalue weighted by molar-refractivity contribution is 7.98. The number of nitrogens with one attached hydrogen (secondary N) is 1. The standard InChI is InChI=1S/C12H20N2S/c1-4-11(8-15-3)14-12-7-10(13)6-5-9(12)2/h5-7,11,14H,4,8,13H2,1-3H3. The minimum atomic E-state index is 0.528. The number of hydrogen-bond donors (Lipinski definition) is 2. The molecule has 3 N–H and O–H groups in total. The summed E-state index contributed by atoms with van der Waals surface area (Å²) in [5, 5.41) is 3.54. The molecule has 1 unspecified atom stereocenters. The van der Waals surface area contributed by atoms with E-state index in [1.165, 1.54) is 5.56 Å². The molecule has 1 aromatic carbocycles. The summed E-state index contributed by atoms with van der Waals surface area (Å²) in [6.07, 6.45) is 3.27. The van der Waals surface area contributed by atoms with Gasteiger partial charge in [0.25, 0.3) is 0 Å². The molecular weight excluding hydrogens is 204 g/mol. The summed E-state index contributed by atoms with van der Waals surface area (Å²) in [5.74, 6) is 1.13. The number of aryl methyl sites for hydroxylation is 1. The fraction of sp³-hybridized carbons (Fsp3) is 0.500. The van der Waals surface area contributed by atoms with Crippen molar-refractivity contribution in [3.8, 4) is 0 Å². The lowest BCUT2D eigenvalue weighted by Crippen LogP contribution is -2.21. The van der Waals surface area contributed by atoms with E-state index in [2.05, 4.69) is 31.5 Å². The highest BCUT2D eigenvalue weighted by atomic mass is 32.2. The van der Waals surface area contributed by atoms with Crippen LogP contribution in [-0.4, -0.2) is 18.1 Å². The first-order valence-electron chi connectivity index (χ1n) is 5.29. The van der Waals surface area contributed by atoms with Crippen LogP contribution in [0.3, 0.4) is 0 Å². The van der Waals surface area contributed by atoms with Gasteiger partial charge in [-0.1, -0.05) is 13.0 Å². The number of rotatable bonds is 5. The van der Waals surface area contributed by atoms with Gasteiger partial charge in [-0.25, -0.2) is 0 Å². The van der Waals surface area contributed by atoms with Crippen LogP contribution in [0.4, 0.5) is 11.4 Å². The van der Waals surface area contributed by atoms with Gasteiger partial charge in [0.15, 0.2) is 0 Å². The van der Waals surface area contributed by atoms with Crippen LogP contribution in [0.2, 0.25) is 0 Å². The Kier molecular flexibility index (Phi) is 4.82. The maximum absolute atomic E-state index is 5.77. The average Bonchev–Trinajstić information content (AvgIpc) is 2.22. The Balaban J connectivity index is 2.73. The number of anilines is 2. The van der Waals surface area contributed by atoms with E-state index in [-0.39, 0.29) is 0 Å². The summed E-state index contributed by atoms with van der Waals surface area (Å²) in [6, 6.07) is 6.54. The first kappa shape index (κ1) is 12.2. The van der Waals surface area contributed by atoms with Crippen molar-refractivity contribution in [1.82, 2.24) is 0 Å². The van der Waals surface area contributed by atoms with E-state index in [0.717, 1.165) is 23.5 Å². The molecule has 0 aliphatic heterocycles. The predicted octanol–water partition coefficient (Wildman–Crippen LogP) is 3.13. The lowest BCUT2D eigenvalue weighted by molar-refractivity contribution is 0.774. The lowest BCUT2D eigenvalue weighted by Gasteiger charge is -2.19. The van der Waals surface area contributed by atoms with Gasteiger partial charge in [-0.15, -0.1) is 0 Å². The zero-order valence-electron chi connectivity index (χ0n) is 9.71. The summed E-state index contributed by atoms with van der Waals surface area (Å²) >= 11 is 1.87. The molecule has 0 radical (unpaired) electrons. The molecule has 3 heteroatoms. The SMILES string of the molecule is CCC(CSC)Nc1cc(N)ccc1C. The number of hydrogen-bond acceptors (Lipinski definition) is 3. The second-order valence-corrected chi connectivity index (χ2v) is 4.69. The maximum Gasteiger partial charge on any atom is 0.0392 e. The molecule has 15 heavy (non-hydrogen) atoms. The van der Waals surface area contributed by atoms with Crippen molar-refractivity contribution in [2.45, 2.75) is 26.3 Å². The largest absolute Gasteiger partial charge is 0.399 e. The number of benzene rings is 1. The zero-order valence-corrected chi connectivity index (χ0v) is 10.5. The van der Waals surface area contributed by atoms with Crippen molar-refractivity contribution in [1.29, 1.82) is 0 Å². The summed E-state index contributed by atoms with van der Waals surface area (Å²) < 4.78 is 0. The third-order valence-electron chi connectivity index (χ3n) is 2.48. The molecule has 0 amide bonds. The molecule has 1 atom stereocenters. The fourth-order valence-corrected chi connectivity index (χ4v) is 2.20. The van der Waals surface area contributed by atoms with Crippen LogP contribution < -0.4 is 11.1 Å². The number of nitrogen functional groups attached to an aromatic ring is 1. The molecule has 0 spiro atoms. The van der Waals surface area contributed by atoms with Gasteiger partial charge < -0.3 is 11.1 Å². The molecule has 0 aromatic heterocycles. The minimum Gasteiger partial charge on any atom is -0.399 e. The van der Waals surface area contributed by atoms with E-state index < -0.39 is 0 Å². The quantitative estimate of drug-likeness (QED) is 0.755. The Hall–Kier alpha value is -0.830. The molecule has 84 valence electrons. The van der Waals surface area contributed by atoms with E-state index in [1.807, 2.05) is 23.9 Å². The Morgan fingerprint density at radius 3 is 2.80 bits per heavy atom. The van der Waals surface area contributed by atoms with Crippen LogP contribution in [0, 0.1) is 6.92 Å². The molecule has 0 saturated heterocycles. The van der Waals surface area contributed by atoms with E-state index in [9.17, 15) is 0 Å². The van der Waals surface area contributed by atoms with Gasteiger partial charge in [0.05, 0.1) is 0 Å². The van der Waals surface area contributed by atoms with Crippen molar-refractivity contribution >= 4 is 23.1 Å². The highest BCUT2D eigenvalue weighted by Gasteiger charge is 2.06. The molecule has 0 aliphatic rings. The average molecular weight is 224 g/mol. The molecule has 0 saturated carbocycles. The van der Waals surface area contributed by atoms with Crippen LogP contribution in [-0.2, 0) is 0 Å². The normalized spacial score (nSPS) is 12.5. The topological polar surface area (TPSA) is 38.0 Å². The van der Waals surface area contributed by atoms with E-state index >= 15 is 0 Å². The van der Waals surface area contributed by atoms with Gasteiger partial charge >= 0.3 is 0 Å². The van der Waals surface area contributed by atoms with E-state index in [0.29, 0.717) is 6.04 Å². The van der Waals surface area contributed by atoms with Crippen LogP contribution in [0.25, 0.3) is 0 Å². The number of thioether (sulfide) groups is 1. The molecule has 0 fully saturated rings. The van der Waals surface area contributed by atoms with E-state index in [4.69, 9.17) is 5.73 Å². The van der Waals surface area contributed by atoms with E-state index in [1.54, 1.807) is 0 Å². The molecule has 0 bridgehead atoms. The second kappa shape index (κ2) is 5.91. The molecule has 0 heterocycles. The molecule has 2 nitrogen and oxygen atoms in total. The molecule has 1 aromatic rings. The van der Waals surface area contributed by atoms with Gasteiger partial charge in [-0.2, -0.15) is 11.8 Å². The van der Waals surface area contributed by atoms with Gasteiger partial charge in [0.1, 0.15) is 0 Å². The molecule has 0 aliphatic carbocycles. The first-order chi connectivity index (χ1) is 7.17. The van der Waals surface area contributed by atoms with Gasteiger partial charge in [-0.3, -0.25) is 0 Å². The fourth-order valence-electron chi connectivity index (χ4n) is 1.48. The van der Waals surface area contributed by atoms with Crippen LogP contribution >= 0.6 is 11.8 Å². The van der Waals surface area contributed by atoms with Crippen LogP contribution in [0.15, 0.2) is 18.2 Å². The van der Waals surface area contributed by atoms with Crippen LogP contribution in [0.5, 0.6) is 0 Å². The van der Waals surface area contributed by atoms with Gasteiger partial charge in [0, 0.05) is 23.2 Å². The summed E-state index contributed by atoms with van der Waals surface area (Å²) in [5.41, 5.74) is 9.01. The Morgan fingerprint density at radius 1 is 1.47 bits per heavy atom. The smallest absolute Gasteiger partial charge is 0.0392 e. The minimum absolute atomic E-state index is 0.528. The molecule has 1 rings (SSSR count). The first-order valence-corrected chi connectivity index (χ1v) is 6.68. The van der Waals surface area contributed by atoms with Gasteiger partial charge in [0.2, 0.25) is 0 Å². The summed E-state index contributed by atoms with van der Waals surface area (Å²) in [4.78, 5) is 0. The van der Waals surface area contributed by atoms with Crippen molar-refractivity contribution in [2.75, 3.05) is 23.1 Å². The van der Waals surface area contributed by atoms with Crippen molar-refractivity contribution in [3.05, 3.63) is 23.8 Å². The third-order valence-corrected chi connectivity index (χ3v) is 3.22. The van der Waals surface area contributed by atoms with Crippen molar-refractivity contribution < 1.29 is 0 Å². The molecular formula is C12H20N2S. The third kappa shape index (κ3) is 3.67. The maximum atomic E-state index is 5.77. The number of nitrogens with two attached hydrogens (primary N) is 1. The van der Waals surface area contributed by atoms with Crippen LogP contribution in [0.1, 0.15) is 18.9 Å². The van der Waals surface area contributed by atoms with Crippen molar-refractivity contribution in [2.24, 2.45) is 0 Å². The summed E-state index contributed by atoms with van der Waals surface area (Å²) in [6.45, 7) is 4.31. The zero-order chi connectivity index (χ0) is 11.3. The second-order valence-electron chi connectivity index (χ2n) is 3.78. The van der Waals surface area contributed by atoms with Gasteiger partial charge in [-0.05, 0) is 37.3 Å². The highest BCUT2D eigenvalue weighted by Crippen LogP contribution is 2.20. The summed E-state index contributed by atoms with van der Waals surface area (Å²) in [7, 11) is 0. The predicted molar refractivity (Wildman–Crippen MR) is 71.7 cm³/mol. The lowest BCUT2D eigenvalue weighted by atomic mass is 10.1.